The van der Waals surface area contributed by atoms with Crippen molar-refractivity contribution < 1.29 is 24.5 Å². The monoisotopic (exact) mass is 683 g/mol. The first-order valence-corrected chi connectivity index (χ1v) is 15.6. The van der Waals surface area contributed by atoms with E-state index in [4.69, 9.17) is 38.7 Å². The van der Waals surface area contributed by atoms with E-state index in [1.165, 1.54) is 4.68 Å². The van der Waals surface area contributed by atoms with Crippen molar-refractivity contribution >= 4 is 51.7 Å². The van der Waals surface area contributed by atoms with Gasteiger partial charge < -0.3 is 30.6 Å². The Morgan fingerprint density at radius 1 is 0.875 bits per heavy atom. The van der Waals surface area contributed by atoms with Gasteiger partial charge in [0.25, 0.3) is 11.8 Å². The van der Waals surface area contributed by atoms with Crippen molar-refractivity contribution in [3.05, 3.63) is 118 Å². The number of hydrogen-bond donors (Lipinski definition) is 4. The van der Waals surface area contributed by atoms with Crippen molar-refractivity contribution in [2.45, 2.75) is 31.1 Å². The predicted octanol–water partition coefficient (Wildman–Crippen LogP) is 4.94. The third-order valence-corrected chi connectivity index (χ3v) is 8.87. The standard InChI is InChI=1S/C34H27Cl2N7O5/c35-22-15-24-25(16-23(22)36)42(32(39-24)19-11-13-21(14-12-19)38-33(47)20-9-5-2-6-10-20)17-26-29(44)30(45)34(48-26)43-28(18-7-3-1-4-8-18)27(31(37)46)40-41-43/h1-16,26,29-30,34,44-45H,17H2,(H2,37,46)(H,38,47)/t26-,29-,30?,34-/m1/s1. The Morgan fingerprint density at radius 2 is 1.54 bits per heavy atom. The molecule has 1 fully saturated rings. The number of primary amides is 1. The molecule has 0 radical (unpaired) electrons. The SMILES string of the molecule is NC(=O)c1nnn([C@@H]2O[C@H](Cn3c(-c4ccc(NC(=O)c5ccccc5)cc4)nc4cc(Cl)c(Cl)cc43)[C@@H](O)C2O)c1-c1ccccc1. The van der Waals surface area contributed by atoms with Gasteiger partial charge in [-0.2, -0.15) is 0 Å². The van der Waals surface area contributed by atoms with E-state index in [1.807, 2.05) is 16.7 Å². The zero-order valence-electron chi connectivity index (χ0n) is 24.9. The van der Waals surface area contributed by atoms with E-state index >= 15 is 0 Å². The smallest absolute Gasteiger partial charge is 0.271 e. The van der Waals surface area contributed by atoms with Gasteiger partial charge in [-0.3, -0.25) is 9.59 Å². The maximum atomic E-state index is 12.7. The van der Waals surface area contributed by atoms with Crippen LogP contribution in [0.1, 0.15) is 27.1 Å². The van der Waals surface area contributed by atoms with E-state index in [1.54, 1.807) is 84.9 Å². The van der Waals surface area contributed by atoms with Crippen LogP contribution >= 0.6 is 23.2 Å². The summed E-state index contributed by atoms with van der Waals surface area (Å²) in [5.41, 5.74) is 9.25. The number of nitrogens with one attached hydrogen (secondary N) is 1. The van der Waals surface area contributed by atoms with Crippen molar-refractivity contribution in [1.29, 1.82) is 0 Å². The van der Waals surface area contributed by atoms with Crippen LogP contribution in [0.5, 0.6) is 0 Å². The molecular formula is C34H27Cl2N7O5. The molecule has 0 saturated carbocycles. The average molecular weight is 685 g/mol. The van der Waals surface area contributed by atoms with E-state index in [2.05, 4.69) is 15.6 Å². The summed E-state index contributed by atoms with van der Waals surface area (Å²) in [4.78, 5) is 29.7. The highest BCUT2D eigenvalue weighted by Gasteiger charge is 2.46. The number of aromatic nitrogens is 5. The number of fused-ring (bicyclic) bond motifs is 1. The van der Waals surface area contributed by atoms with Crippen LogP contribution in [-0.4, -0.2) is 64.9 Å². The van der Waals surface area contributed by atoms with Crippen LogP contribution in [0.4, 0.5) is 5.69 Å². The molecule has 48 heavy (non-hydrogen) atoms. The van der Waals surface area contributed by atoms with Crippen LogP contribution in [0.15, 0.2) is 97.1 Å². The van der Waals surface area contributed by atoms with Crippen LogP contribution < -0.4 is 11.1 Å². The summed E-state index contributed by atoms with van der Waals surface area (Å²) in [5, 5.41) is 34.0. The second-order valence-electron chi connectivity index (χ2n) is 11.2. The maximum absolute atomic E-state index is 12.7. The first-order chi connectivity index (χ1) is 23.2. The summed E-state index contributed by atoms with van der Waals surface area (Å²) in [6.45, 7) is 0.0308. The minimum atomic E-state index is -1.44. The molecule has 1 aliphatic heterocycles. The van der Waals surface area contributed by atoms with Gasteiger partial charge in [0.05, 0.1) is 27.6 Å². The Hall–Kier alpha value is -5.11. The molecule has 2 aromatic heterocycles. The maximum Gasteiger partial charge on any atom is 0.271 e. The van der Waals surface area contributed by atoms with Crippen molar-refractivity contribution in [3.8, 4) is 22.6 Å². The number of amides is 2. The topological polar surface area (TPSA) is 170 Å². The lowest BCUT2D eigenvalue weighted by Gasteiger charge is -2.18. The summed E-state index contributed by atoms with van der Waals surface area (Å²) < 4.78 is 9.32. The number of imidazole rings is 1. The van der Waals surface area contributed by atoms with E-state index in [9.17, 15) is 19.8 Å². The van der Waals surface area contributed by atoms with Crippen LogP contribution in [-0.2, 0) is 11.3 Å². The molecule has 4 atom stereocenters. The lowest BCUT2D eigenvalue weighted by molar-refractivity contribution is -0.0478. The molecule has 1 unspecified atom stereocenters. The Bertz CT molecular complexity index is 2140. The number of ether oxygens (including phenoxy) is 1. The van der Waals surface area contributed by atoms with Crippen LogP contribution in [0.25, 0.3) is 33.7 Å². The number of nitrogens with zero attached hydrogens (tertiary/aromatic N) is 5. The van der Waals surface area contributed by atoms with Crippen molar-refractivity contribution in [3.63, 3.8) is 0 Å². The van der Waals surface area contributed by atoms with Gasteiger partial charge in [0.15, 0.2) is 11.9 Å². The first kappa shape index (κ1) is 31.5. The Morgan fingerprint density at radius 3 is 2.23 bits per heavy atom. The fourth-order valence-corrected chi connectivity index (χ4v) is 6.10. The Balaban J connectivity index is 1.22. The van der Waals surface area contributed by atoms with Crippen LogP contribution in [0, 0.1) is 0 Å². The average Bonchev–Trinajstić information content (AvgIpc) is 3.77. The molecule has 2 amide bonds. The lowest BCUT2D eigenvalue weighted by Crippen LogP contribution is -2.34. The highest BCUT2D eigenvalue weighted by molar-refractivity contribution is 6.42. The Kier molecular flexibility index (Phi) is 8.42. The number of aliphatic hydroxyl groups is 2. The summed E-state index contributed by atoms with van der Waals surface area (Å²) in [7, 11) is 0. The van der Waals surface area contributed by atoms with Crippen molar-refractivity contribution in [2.24, 2.45) is 5.73 Å². The highest BCUT2D eigenvalue weighted by atomic mass is 35.5. The molecule has 1 aliphatic rings. The molecule has 12 nitrogen and oxygen atoms in total. The fraction of sp³-hybridized carbons (Fsp3) is 0.147. The van der Waals surface area contributed by atoms with Gasteiger partial charge in [0.2, 0.25) is 0 Å². The molecule has 5 N–H and O–H groups in total. The van der Waals surface area contributed by atoms with Crippen molar-refractivity contribution in [2.75, 3.05) is 5.32 Å². The van der Waals surface area contributed by atoms with Crippen molar-refractivity contribution in [1.82, 2.24) is 24.5 Å². The van der Waals surface area contributed by atoms with Gasteiger partial charge in [0.1, 0.15) is 29.8 Å². The molecule has 7 rings (SSSR count). The van der Waals surface area contributed by atoms with E-state index in [0.717, 1.165) is 0 Å². The molecular weight excluding hydrogens is 657 g/mol. The van der Waals surface area contributed by atoms with Gasteiger partial charge in [-0.15, -0.1) is 5.10 Å². The molecule has 0 aliphatic carbocycles. The van der Waals surface area contributed by atoms with E-state index in [0.29, 0.717) is 49.3 Å². The molecule has 242 valence electrons. The minimum absolute atomic E-state index is 0.0308. The summed E-state index contributed by atoms with van der Waals surface area (Å²) in [6.07, 6.45) is -4.98. The zero-order valence-corrected chi connectivity index (χ0v) is 26.5. The second-order valence-corrected chi connectivity index (χ2v) is 12.0. The molecule has 0 bridgehead atoms. The molecule has 4 aromatic carbocycles. The molecule has 3 heterocycles. The fourth-order valence-electron chi connectivity index (χ4n) is 5.79. The number of hydrogen-bond acceptors (Lipinski definition) is 8. The summed E-state index contributed by atoms with van der Waals surface area (Å²) in [5.74, 6) is -0.550. The van der Waals surface area contributed by atoms with E-state index < -0.39 is 30.4 Å². The summed E-state index contributed by atoms with van der Waals surface area (Å²) >= 11 is 12.8. The number of anilines is 1. The van der Waals surface area contributed by atoms with Gasteiger partial charge in [0, 0.05) is 22.4 Å². The number of benzene rings is 4. The number of carbonyl (C=O) groups excluding carboxylic acids is 2. The van der Waals surface area contributed by atoms with Gasteiger partial charge in [-0.1, -0.05) is 76.9 Å². The van der Waals surface area contributed by atoms with Crippen LogP contribution in [0.2, 0.25) is 10.0 Å². The van der Waals surface area contributed by atoms with Gasteiger partial charge in [-0.05, 0) is 48.5 Å². The number of rotatable bonds is 8. The minimum Gasteiger partial charge on any atom is -0.387 e. The molecule has 14 heteroatoms. The highest BCUT2D eigenvalue weighted by Crippen LogP contribution is 2.37. The molecule has 6 aromatic rings. The van der Waals surface area contributed by atoms with Gasteiger partial charge in [-0.25, -0.2) is 9.67 Å². The van der Waals surface area contributed by atoms with Gasteiger partial charge >= 0.3 is 0 Å². The normalized spacial score (nSPS) is 19.1. The predicted molar refractivity (Wildman–Crippen MR) is 179 cm³/mol. The largest absolute Gasteiger partial charge is 0.387 e. The van der Waals surface area contributed by atoms with Crippen LogP contribution in [0.3, 0.4) is 0 Å². The number of aliphatic hydroxyl groups excluding tert-OH is 2. The summed E-state index contributed by atoms with van der Waals surface area (Å²) in [6, 6.07) is 28.1. The third-order valence-electron chi connectivity index (χ3n) is 8.14. The number of halogens is 2. The number of nitrogens with two attached hydrogens (primary N) is 1. The lowest BCUT2D eigenvalue weighted by atomic mass is 10.1. The zero-order chi connectivity index (χ0) is 33.5. The molecule has 1 saturated heterocycles. The Labute approximate surface area is 283 Å². The first-order valence-electron chi connectivity index (χ1n) is 14.8. The second kappa shape index (κ2) is 12.8. The quantitative estimate of drug-likeness (QED) is 0.175. The number of carbonyl (C=O) groups is 2. The van der Waals surface area contributed by atoms with E-state index in [-0.39, 0.29) is 23.8 Å². The molecule has 0 spiro atoms. The third kappa shape index (κ3) is 5.80.